The third kappa shape index (κ3) is 4.80. The number of methoxy groups -OCH3 is 2. The van der Waals surface area contributed by atoms with Crippen molar-refractivity contribution in [2.75, 3.05) is 27.4 Å². The normalized spacial score (nSPS) is 14.2. The second-order valence-corrected chi connectivity index (χ2v) is 4.47. The monoisotopic (exact) mass is 269 g/mol. The molecule has 0 radical (unpaired) electrons. The molecule has 0 bridgehead atoms. The van der Waals surface area contributed by atoms with Crippen LogP contribution in [0.1, 0.15) is 24.1 Å². The van der Waals surface area contributed by atoms with Crippen LogP contribution in [0.2, 0.25) is 0 Å². The Morgan fingerprint density at radius 1 is 1.32 bits per heavy atom. The molecular weight excluding hydrogens is 246 g/mol. The Kier molecular flexibility index (Phi) is 6.80. The molecule has 0 aliphatic carbocycles. The molecule has 0 fully saturated rings. The number of ether oxygens (including phenoxy) is 2. The second-order valence-electron chi connectivity index (χ2n) is 4.47. The lowest BCUT2D eigenvalue weighted by atomic mass is 10.0. The average molecular weight is 269 g/mol. The predicted molar refractivity (Wildman–Crippen MR) is 73.2 cm³/mol. The summed E-state index contributed by atoms with van der Waals surface area (Å²) < 4.78 is 10.4. The van der Waals surface area contributed by atoms with Crippen LogP contribution >= 0.6 is 0 Å². The molecule has 0 saturated carbocycles. The van der Waals surface area contributed by atoms with Gasteiger partial charge in [0.15, 0.2) is 0 Å². The highest BCUT2D eigenvalue weighted by molar-refractivity contribution is 5.38. The van der Waals surface area contributed by atoms with Crippen molar-refractivity contribution in [3.8, 4) is 5.75 Å². The quantitative estimate of drug-likeness (QED) is 0.652. The second kappa shape index (κ2) is 8.12. The van der Waals surface area contributed by atoms with Gasteiger partial charge in [-0.05, 0) is 24.6 Å². The zero-order valence-corrected chi connectivity index (χ0v) is 11.7. The van der Waals surface area contributed by atoms with Gasteiger partial charge in [-0.1, -0.05) is 6.07 Å². The number of nitrogens with one attached hydrogen (secondary N) is 1. The Hall–Kier alpha value is -1.14. The van der Waals surface area contributed by atoms with Crippen LogP contribution in [0.3, 0.4) is 0 Å². The molecule has 0 aromatic heterocycles. The van der Waals surface area contributed by atoms with E-state index in [9.17, 15) is 5.11 Å². The highest BCUT2D eigenvalue weighted by Gasteiger charge is 2.11. The maximum atomic E-state index is 9.32. The van der Waals surface area contributed by atoms with Crippen LogP contribution in [0.5, 0.6) is 5.75 Å². The SMILES string of the molecule is COCc1cc(C(C)NCC(O)CO)ccc1OC. The molecule has 5 heteroatoms. The predicted octanol–water partition coefficient (Wildman–Crippen LogP) is 0.845. The molecule has 0 heterocycles. The topological polar surface area (TPSA) is 71.0 Å². The van der Waals surface area contributed by atoms with Crippen LogP contribution in [0.15, 0.2) is 18.2 Å². The molecule has 108 valence electrons. The Morgan fingerprint density at radius 3 is 2.63 bits per heavy atom. The standard InChI is InChI=1S/C14H23NO4/c1-10(15-7-13(17)8-16)11-4-5-14(19-3)12(6-11)9-18-2/h4-6,10,13,15-17H,7-9H2,1-3H3. The summed E-state index contributed by atoms with van der Waals surface area (Å²) in [7, 11) is 3.28. The summed E-state index contributed by atoms with van der Waals surface area (Å²) in [4.78, 5) is 0. The zero-order chi connectivity index (χ0) is 14.3. The number of hydrogen-bond donors (Lipinski definition) is 3. The molecular formula is C14H23NO4. The van der Waals surface area contributed by atoms with Gasteiger partial charge in [0.25, 0.3) is 0 Å². The van der Waals surface area contributed by atoms with Crippen LogP contribution in [0.25, 0.3) is 0 Å². The minimum Gasteiger partial charge on any atom is -0.496 e. The molecule has 0 spiro atoms. The number of aliphatic hydroxyl groups excluding tert-OH is 2. The molecule has 3 N–H and O–H groups in total. The third-order valence-corrected chi connectivity index (χ3v) is 2.97. The first kappa shape index (κ1) is 15.9. The van der Waals surface area contributed by atoms with E-state index in [1.807, 2.05) is 25.1 Å². The number of aliphatic hydroxyl groups is 2. The van der Waals surface area contributed by atoms with Crippen molar-refractivity contribution in [3.05, 3.63) is 29.3 Å². The molecule has 5 nitrogen and oxygen atoms in total. The van der Waals surface area contributed by atoms with Crippen molar-refractivity contribution >= 4 is 0 Å². The zero-order valence-electron chi connectivity index (χ0n) is 11.7. The first-order chi connectivity index (χ1) is 9.12. The Labute approximate surface area is 114 Å². The van der Waals surface area contributed by atoms with Gasteiger partial charge in [-0.3, -0.25) is 0 Å². The van der Waals surface area contributed by atoms with Gasteiger partial charge in [-0.2, -0.15) is 0 Å². The molecule has 2 unspecified atom stereocenters. The summed E-state index contributed by atoms with van der Waals surface area (Å²) in [5.74, 6) is 0.799. The summed E-state index contributed by atoms with van der Waals surface area (Å²) >= 11 is 0. The lowest BCUT2D eigenvalue weighted by Gasteiger charge is -2.18. The molecule has 0 saturated heterocycles. The van der Waals surface area contributed by atoms with Crippen LogP contribution in [0.4, 0.5) is 0 Å². The van der Waals surface area contributed by atoms with E-state index in [-0.39, 0.29) is 12.6 Å². The summed E-state index contributed by atoms with van der Waals surface area (Å²) in [5, 5.41) is 21.3. The maximum Gasteiger partial charge on any atom is 0.124 e. The number of rotatable bonds is 8. The fourth-order valence-corrected chi connectivity index (χ4v) is 1.83. The van der Waals surface area contributed by atoms with Gasteiger partial charge >= 0.3 is 0 Å². The Morgan fingerprint density at radius 2 is 2.05 bits per heavy atom. The van der Waals surface area contributed by atoms with Crippen molar-refractivity contribution < 1.29 is 19.7 Å². The van der Waals surface area contributed by atoms with Crippen LogP contribution in [-0.4, -0.2) is 43.7 Å². The van der Waals surface area contributed by atoms with E-state index in [1.165, 1.54) is 0 Å². The number of hydrogen-bond acceptors (Lipinski definition) is 5. The first-order valence-corrected chi connectivity index (χ1v) is 6.30. The van der Waals surface area contributed by atoms with E-state index < -0.39 is 6.10 Å². The average Bonchev–Trinajstić information content (AvgIpc) is 2.44. The minimum atomic E-state index is -0.737. The molecule has 2 atom stereocenters. The van der Waals surface area contributed by atoms with Crippen molar-refractivity contribution in [1.82, 2.24) is 5.32 Å². The van der Waals surface area contributed by atoms with Gasteiger partial charge in [0.2, 0.25) is 0 Å². The van der Waals surface area contributed by atoms with Gasteiger partial charge in [-0.15, -0.1) is 0 Å². The highest BCUT2D eigenvalue weighted by Crippen LogP contribution is 2.23. The van der Waals surface area contributed by atoms with Crippen molar-refractivity contribution in [2.45, 2.75) is 25.7 Å². The van der Waals surface area contributed by atoms with E-state index in [2.05, 4.69) is 5.32 Å². The Balaban J connectivity index is 2.74. The maximum absolute atomic E-state index is 9.32. The smallest absolute Gasteiger partial charge is 0.124 e. The summed E-state index contributed by atoms with van der Waals surface area (Å²) in [6.07, 6.45) is -0.737. The number of benzene rings is 1. The molecule has 1 aromatic rings. The van der Waals surface area contributed by atoms with Crippen LogP contribution < -0.4 is 10.1 Å². The summed E-state index contributed by atoms with van der Waals surface area (Å²) in [6, 6.07) is 5.97. The summed E-state index contributed by atoms with van der Waals surface area (Å²) in [6.45, 7) is 2.60. The lowest BCUT2D eigenvalue weighted by Crippen LogP contribution is -2.31. The van der Waals surface area contributed by atoms with Gasteiger partial charge in [0, 0.05) is 25.3 Å². The van der Waals surface area contributed by atoms with Gasteiger partial charge in [0.1, 0.15) is 5.75 Å². The van der Waals surface area contributed by atoms with E-state index in [0.29, 0.717) is 13.2 Å². The van der Waals surface area contributed by atoms with Crippen LogP contribution in [-0.2, 0) is 11.3 Å². The largest absolute Gasteiger partial charge is 0.496 e. The lowest BCUT2D eigenvalue weighted by molar-refractivity contribution is 0.0923. The van der Waals surface area contributed by atoms with Gasteiger partial charge in [-0.25, -0.2) is 0 Å². The minimum absolute atomic E-state index is 0.0720. The highest BCUT2D eigenvalue weighted by atomic mass is 16.5. The van der Waals surface area contributed by atoms with Crippen LogP contribution in [0, 0.1) is 0 Å². The molecule has 19 heavy (non-hydrogen) atoms. The van der Waals surface area contributed by atoms with Gasteiger partial charge in [0.05, 0.1) is 26.4 Å². The molecule has 0 aliphatic heterocycles. The Bertz CT molecular complexity index is 384. The molecule has 0 amide bonds. The fourth-order valence-electron chi connectivity index (χ4n) is 1.83. The molecule has 1 aromatic carbocycles. The summed E-state index contributed by atoms with van der Waals surface area (Å²) in [5.41, 5.74) is 2.07. The van der Waals surface area contributed by atoms with E-state index in [0.717, 1.165) is 16.9 Å². The fraction of sp³-hybridized carbons (Fsp3) is 0.571. The van der Waals surface area contributed by atoms with Crippen molar-refractivity contribution in [3.63, 3.8) is 0 Å². The third-order valence-electron chi connectivity index (χ3n) is 2.97. The van der Waals surface area contributed by atoms with E-state index in [1.54, 1.807) is 14.2 Å². The molecule has 0 aliphatic rings. The molecule has 1 rings (SSSR count). The van der Waals surface area contributed by atoms with E-state index >= 15 is 0 Å². The van der Waals surface area contributed by atoms with E-state index in [4.69, 9.17) is 14.6 Å². The van der Waals surface area contributed by atoms with Crippen molar-refractivity contribution in [1.29, 1.82) is 0 Å². The van der Waals surface area contributed by atoms with Gasteiger partial charge < -0.3 is 25.0 Å². The first-order valence-electron chi connectivity index (χ1n) is 6.30. The van der Waals surface area contributed by atoms with Crippen molar-refractivity contribution in [2.24, 2.45) is 0 Å².